The van der Waals surface area contributed by atoms with E-state index in [4.69, 9.17) is 5.73 Å². The van der Waals surface area contributed by atoms with Gasteiger partial charge in [0.1, 0.15) is 17.3 Å². The third-order valence-corrected chi connectivity index (χ3v) is 1.84. The second-order valence-corrected chi connectivity index (χ2v) is 3.84. The Labute approximate surface area is 93.4 Å². The summed E-state index contributed by atoms with van der Waals surface area (Å²) in [7, 11) is 0. The molecule has 1 rings (SSSR count). The van der Waals surface area contributed by atoms with Gasteiger partial charge in [-0.3, -0.25) is 4.99 Å². The molecule has 0 fully saturated rings. The fourth-order valence-electron chi connectivity index (χ4n) is 1.07. The van der Waals surface area contributed by atoms with E-state index in [0.29, 0.717) is 12.5 Å². The summed E-state index contributed by atoms with van der Waals surface area (Å²) in [6.45, 7) is 4.45. The van der Waals surface area contributed by atoms with Crippen molar-refractivity contribution in [2.24, 2.45) is 16.6 Å². The van der Waals surface area contributed by atoms with Gasteiger partial charge in [0.25, 0.3) is 0 Å². The van der Waals surface area contributed by atoms with E-state index in [9.17, 15) is 8.78 Å². The zero-order valence-corrected chi connectivity index (χ0v) is 9.30. The molecule has 0 unspecified atom stereocenters. The summed E-state index contributed by atoms with van der Waals surface area (Å²) in [6, 6.07) is 3.60. The Morgan fingerprint density at radius 2 is 1.94 bits per heavy atom. The Hall–Kier alpha value is -1.65. The van der Waals surface area contributed by atoms with Crippen molar-refractivity contribution in [3.05, 3.63) is 29.8 Å². The number of hydrogen-bond donors (Lipinski definition) is 2. The Morgan fingerprint density at radius 3 is 2.44 bits per heavy atom. The first-order chi connectivity index (χ1) is 7.50. The molecule has 0 saturated heterocycles. The first kappa shape index (κ1) is 12.4. The second kappa shape index (κ2) is 5.44. The average Bonchev–Trinajstić information content (AvgIpc) is 2.21. The third kappa shape index (κ3) is 3.49. The topological polar surface area (TPSA) is 50.4 Å². The van der Waals surface area contributed by atoms with Gasteiger partial charge < -0.3 is 11.1 Å². The minimum absolute atomic E-state index is 0.0118. The van der Waals surface area contributed by atoms with Gasteiger partial charge in [-0.2, -0.15) is 0 Å². The number of nitrogens with one attached hydrogen (secondary N) is 1. The van der Waals surface area contributed by atoms with Gasteiger partial charge in [-0.05, 0) is 18.1 Å². The zero-order valence-electron chi connectivity index (χ0n) is 9.30. The number of nitrogens with zero attached hydrogens (tertiary/aromatic N) is 1. The highest BCUT2D eigenvalue weighted by atomic mass is 19.1. The van der Waals surface area contributed by atoms with Crippen molar-refractivity contribution in [3.8, 4) is 0 Å². The molecule has 0 amide bonds. The van der Waals surface area contributed by atoms with E-state index in [-0.39, 0.29) is 11.6 Å². The highest BCUT2D eigenvalue weighted by molar-refractivity contribution is 5.92. The maximum atomic E-state index is 13.2. The van der Waals surface area contributed by atoms with Crippen LogP contribution in [-0.2, 0) is 0 Å². The van der Waals surface area contributed by atoms with Crippen LogP contribution in [0.5, 0.6) is 0 Å². The largest absolute Gasteiger partial charge is 0.370 e. The van der Waals surface area contributed by atoms with Crippen LogP contribution < -0.4 is 11.1 Å². The second-order valence-electron chi connectivity index (χ2n) is 3.84. The molecule has 0 saturated carbocycles. The van der Waals surface area contributed by atoms with E-state index in [1.165, 1.54) is 6.07 Å². The first-order valence-corrected chi connectivity index (χ1v) is 5.01. The standard InChI is InChI=1S/C11H15F2N3/c1-7(2)6-15-11(14)16-10-8(12)4-3-5-9(10)13/h3-5,7H,6H2,1-2H3,(H3,14,15,16). The van der Waals surface area contributed by atoms with Crippen LogP contribution in [0.4, 0.5) is 14.5 Å². The maximum Gasteiger partial charge on any atom is 0.193 e. The number of anilines is 1. The molecule has 16 heavy (non-hydrogen) atoms. The van der Waals surface area contributed by atoms with Crippen molar-refractivity contribution in [2.45, 2.75) is 13.8 Å². The van der Waals surface area contributed by atoms with Gasteiger partial charge in [-0.25, -0.2) is 8.78 Å². The van der Waals surface area contributed by atoms with E-state index < -0.39 is 11.6 Å². The molecule has 0 atom stereocenters. The van der Waals surface area contributed by atoms with E-state index in [1.54, 1.807) is 0 Å². The molecular weight excluding hydrogens is 212 g/mol. The lowest BCUT2D eigenvalue weighted by Gasteiger charge is -2.08. The summed E-state index contributed by atoms with van der Waals surface area (Å²) in [5, 5.41) is 2.41. The molecule has 88 valence electrons. The number of halogens is 2. The van der Waals surface area contributed by atoms with Gasteiger partial charge in [0.15, 0.2) is 5.96 Å². The lowest BCUT2D eigenvalue weighted by molar-refractivity contribution is 0.591. The summed E-state index contributed by atoms with van der Waals surface area (Å²) < 4.78 is 26.4. The predicted octanol–water partition coefficient (Wildman–Crippen LogP) is 2.35. The van der Waals surface area contributed by atoms with Crippen LogP contribution in [0.1, 0.15) is 13.8 Å². The molecule has 0 radical (unpaired) electrons. The van der Waals surface area contributed by atoms with Crippen molar-refractivity contribution in [2.75, 3.05) is 11.9 Å². The van der Waals surface area contributed by atoms with Crippen LogP contribution in [0.25, 0.3) is 0 Å². The van der Waals surface area contributed by atoms with Crippen LogP contribution in [0, 0.1) is 17.6 Å². The quantitative estimate of drug-likeness (QED) is 0.615. The van der Waals surface area contributed by atoms with Crippen LogP contribution in [0.15, 0.2) is 23.2 Å². The van der Waals surface area contributed by atoms with Crippen LogP contribution in [0.3, 0.4) is 0 Å². The zero-order chi connectivity index (χ0) is 12.1. The Balaban J connectivity index is 2.76. The lowest BCUT2D eigenvalue weighted by Crippen LogP contribution is -2.24. The molecule has 1 aromatic rings. The molecule has 0 heterocycles. The lowest BCUT2D eigenvalue weighted by atomic mass is 10.2. The molecule has 5 heteroatoms. The fraction of sp³-hybridized carbons (Fsp3) is 0.364. The Kier molecular flexibility index (Phi) is 4.22. The van der Waals surface area contributed by atoms with Gasteiger partial charge in [-0.1, -0.05) is 19.9 Å². The number of benzene rings is 1. The molecule has 0 aliphatic carbocycles. The molecule has 0 spiro atoms. The first-order valence-electron chi connectivity index (χ1n) is 5.01. The molecule has 0 bridgehead atoms. The summed E-state index contributed by atoms with van der Waals surface area (Å²) in [5.41, 5.74) is 5.23. The third-order valence-electron chi connectivity index (χ3n) is 1.84. The van der Waals surface area contributed by atoms with Crippen LogP contribution in [-0.4, -0.2) is 12.5 Å². The molecule has 3 N–H and O–H groups in total. The van der Waals surface area contributed by atoms with E-state index in [2.05, 4.69) is 10.3 Å². The SMILES string of the molecule is CC(C)CN=C(N)Nc1c(F)cccc1F. The number of rotatable bonds is 3. The molecule has 0 aliphatic heterocycles. The minimum atomic E-state index is -0.692. The van der Waals surface area contributed by atoms with Crippen molar-refractivity contribution in [1.29, 1.82) is 0 Å². The van der Waals surface area contributed by atoms with Crippen LogP contribution >= 0.6 is 0 Å². The van der Waals surface area contributed by atoms with E-state index in [1.807, 2.05) is 13.8 Å². The molecule has 3 nitrogen and oxygen atoms in total. The molecular formula is C11H15F2N3. The molecule has 1 aromatic carbocycles. The number of nitrogens with two attached hydrogens (primary N) is 1. The van der Waals surface area contributed by atoms with Crippen molar-refractivity contribution >= 4 is 11.6 Å². The number of para-hydroxylation sites is 1. The number of guanidine groups is 1. The van der Waals surface area contributed by atoms with Gasteiger partial charge in [0, 0.05) is 6.54 Å². The van der Waals surface area contributed by atoms with E-state index >= 15 is 0 Å². The Bertz CT molecular complexity index is 369. The minimum Gasteiger partial charge on any atom is -0.370 e. The van der Waals surface area contributed by atoms with Crippen molar-refractivity contribution < 1.29 is 8.78 Å². The van der Waals surface area contributed by atoms with Crippen LogP contribution in [0.2, 0.25) is 0 Å². The van der Waals surface area contributed by atoms with Gasteiger partial charge in [0.05, 0.1) is 0 Å². The van der Waals surface area contributed by atoms with Gasteiger partial charge in [0.2, 0.25) is 0 Å². The van der Waals surface area contributed by atoms with Gasteiger partial charge in [-0.15, -0.1) is 0 Å². The molecule has 0 aliphatic rings. The smallest absolute Gasteiger partial charge is 0.193 e. The number of aliphatic imine (C=N–C) groups is 1. The highest BCUT2D eigenvalue weighted by Gasteiger charge is 2.08. The number of hydrogen-bond acceptors (Lipinski definition) is 1. The normalized spacial score (nSPS) is 11.9. The summed E-state index contributed by atoms with van der Waals surface area (Å²) >= 11 is 0. The van der Waals surface area contributed by atoms with Crippen molar-refractivity contribution in [1.82, 2.24) is 0 Å². The summed E-state index contributed by atoms with van der Waals surface area (Å²) in [5.74, 6) is -1.03. The molecule has 0 aromatic heterocycles. The monoisotopic (exact) mass is 227 g/mol. The van der Waals surface area contributed by atoms with Crippen molar-refractivity contribution in [3.63, 3.8) is 0 Å². The Morgan fingerprint density at radius 1 is 1.38 bits per heavy atom. The summed E-state index contributed by atoms with van der Waals surface area (Å²) in [6.07, 6.45) is 0. The summed E-state index contributed by atoms with van der Waals surface area (Å²) in [4.78, 5) is 3.95. The average molecular weight is 227 g/mol. The highest BCUT2D eigenvalue weighted by Crippen LogP contribution is 2.17. The van der Waals surface area contributed by atoms with E-state index in [0.717, 1.165) is 12.1 Å². The van der Waals surface area contributed by atoms with Gasteiger partial charge >= 0.3 is 0 Å². The fourth-order valence-corrected chi connectivity index (χ4v) is 1.07. The predicted molar refractivity (Wildman–Crippen MR) is 61.3 cm³/mol. The maximum absolute atomic E-state index is 13.2.